The molecule has 0 bridgehead atoms. The number of ether oxygens (including phenoxy) is 1. The van der Waals surface area contributed by atoms with E-state index in [4.69, 9.17) is 16.3 Å². The highest BCUT2D eigenvalue weighted by Crippen LogP contribution is 2.33. The van der Waals surface area contributed by atoms with Gasteiger partial charge in [-0.1, -0.05) is 48.9 Å². The lowest BCUT2D eigenvalue weighted by molar-refractivity contribution is -0.0468. The van der Waals surface area contributed by atoms with E-state index in [0.29, 0.717) is 17.6 Å². The van der Waals surface area contributed by atoms with Crippen LogP contribution in [0.2, 0.25) is 5.15 Å². The standard InChI is InChI=1S/C18H22ClN3O/c1-4-15-16(19)20-13(2)21-17(15)22-10-11-23-18(3,12-22)14-8-6-5-7-9-14/h5-9H,4,10-12H2,1-3H3. The maximum Gasteiger partial charge on any atom is 0.138 e. The summed E-state index contributed by atoms with van der Waals surface area (Å²) in [5, 5.41) is 0.558. The minimum Gasteiger partial charge on any atom is -0.367 e. The maximum absolute atomic E-state index is 6.33. The summed E-state index contributed by atoms with van der Waals surface area (Å²) >= 11 is 6.33. The molecule has 1 unspecified atom stereocenters. The van der Waals surface area contributed by atoms with Gasteiger partial charge in [0.2, 0.25) is 0 Å². The average molecular weight is 332 g/mol. The van der Waals surface area contributed by atoms with Crippen LogP contribution in [0.4, 0.5) is 5.82 Å². The van der Waals surface area contributed by atoms with Crippen molar-refractivity contribution in [1.82, 2.24) is 9.97 Å². The third kappa shape index (κ3) is 3.19. The highest BCUT2D eigenvalue weighted by Gasteiger charge is 2.35. The number of morpholine rings is 1. The molecule has 5 heteroatoms. The van der Waals surface area contributed by atoms with Crippen molar-refractivity contribution in [2.24, 2.45) is 0 Å². The molecular formula is C18H22ClN3O. The molecular weight excluding hydrogens is 310 g/mol. The number of aromatic nitrogens is 2. The number of hydrogen-bond acceptors (Lipinski definition) is 4. The van der Waals surface area contributed by atoms with Crippen LogP contribution >= 0.6 is 11.6 Å². The van der Waals surface area contributed by atoms with Gasteiger partial charge < -0.3 is 9.64 Å². The zero-order chi connectivity index (χ0) is 16.4. The van der Waals surface area contributed by atoms with Crippen LogP contribution in [-0.2, 0) is 16.8 Å². The van der Waals surface area contributed by atoms with E-state index in [0.717, 1.165) is 30.9 Å². The molecule has 0 N–H and O–H groups in total. The van der Waals surface area contributed by atoms with Gasteiger partial charge in [-0.2, -0.15) is 0 Å². The van der Waals surface area contributed by atoms with Gasteiger partial charge in [-0.25, -0.2) is 9.97 Å². The van der Waals surface area contributed by atoms with Crippen LogP contribution in [0, 0.1) is 6.92 Å². The quantitative estimate of drug-likeness (QED) is 0.803. The molecule has 1 saturated heterocycles. The molecule has 1 aromatic heterocycles. The van der Waals surface area contributed by atoms with Crippen LogP contribution in [-0.4, -0.2) is 29.7 Å². The summed E-state index contributed by atoms with van der Waals surface area (Å²) in [7, 11) is 0. The molecule has 2 heterocycles. The van der Waals surface area contributed by atoms with Gasteiger partial charge in [0.25, 0.3) is 0 Å². The summed E-state index contributed by atoms with van der Waals surface area (Å²) < 4.78 is 6.12. The molecule has 0 amide bonds. The Bertz CT molecular complexity index is 692. The molecule has 2 aromatic rings. The lowest BCUT2D eigenvalue weighted by Crippen LogP contribution is -2.49. The molecule has 3 rings (SSSR count). The Morgan fingerprint density at radius 3 is 2.70 bits per heavy atom. The van der Waals surface area contributed by atoms with E-state index in [1.807, 2.05) is 25.1 Å². The Labute approximate surface area is 142 Å². The van der Waals surface area contributed by atoms with Gasteiger partial charge in [0, 0.05) is 12.1 Å². The van der Waals surface area contributed by atoms with E-state index >= 15 is 0 Å². The van der Waals surface area contributed by atoms with Crippen LogP contribution in [0.5, 0.6) is 0 Å². The van der Waals surface area contributed by atoms with E-state index < -0.39 is 0 Å². The molecule has 0 spiro atoms. The van der Waals surface area contributed by atoms with Crippen LogP contribution in [0.25, 0.3) is 0 Å². The summed E-state index contributed by atoms with van der Waals surface area (Å²) in [6, 6.07) is 10.3. The number of hydrogen-bond donors (Lipinski definition) is 0. The Balaban J connectivity index is 1.96. The van der Waals surface area contributed by atoms with E-state index in [1.54, 1.807) is 0 Å². The van der Waals surface area contributed by atoms with Crippen LogP contribution in [0.15, 0.2) is 30.3 Å². The molecule has 1 atom stereocenters. The van der Waals surface area contributed by atoms with Crippen molar-refractivity contribution in [3.8, 4) is 0 Å². The predicted molar refractivity (Wildman–Crippen MR) is 93.1 cm³/mol. The second-order valence-corrected chi connectivity index (χ2v) is 6.44. The maximum atomic E-state index is 6.33. The Hall–Kier alpha value is -1.65. The summed E-state index contributed by atoms with van der Waals surface area (Å²) in [5.74, 6) is 1.64. The smallest absolute Gasteiger partial charge is 0.138 e. The van der Waals surface area contributed by atoms with Crippen molar-refractivity contribution in [2.45, 2.75) is 32.8 Å². The number of anilines is 1. The van der Waals surface area contributed by atoms with E-state index in [-0.39, 0.29) is 5.60 Å². The summed E-state index contributed by atoms with van der Waals surface area (Å²) in [5.41, 5.74) is 1.84. The molecule has 0 saturated carbocycles. The van der Waals surface area contributed by atoms with Crippen molar-refractivity contribution in [3.05, 3.63) is 52.4 Å². The Kier molecular flexibility index (Phi) is 4.55. The SMILES string of the molecule is CCc1c(Cl)nc(C)nc1N1CCOC(C)(c2ccccc2)C1. The van der Waals surface area contributed by atoms with Gasteiger partial charge in [0.15, 0.2) is 0 Å². The number of nitrogens with zero attached hydrogens (tertiary/aromatic N) is 3. The van der Waals surface area contributed by atoms with Crippen molar-refractivity contribution in [3.63, 3.8) is 0 Å². The number of benzene rings is 1. The van der Waals surface area contributed by atoms with Gasteiger partial charge in [-0.05, 0) is 25.8 Å². The zero-order valence-corrected chi connectivity index (χ0v) is 14.6. The summed E-state index contributed by atoms with van der Waals surface area (Å²) in [6.45, 7) is 8.32. The Morgan fingerprint density at radius 2 is 2.00 bits per heavy atom. The Morgan fingerprint density at radius 1 is 1.26 bits per heavy atom. The third-order valence-corrected chi connectivity index (χ3v) is 4.67. The minimum atomic E-state index is -0.351. The molecule has 1 aliphatic heterocycles. The van der Waals surface area contributed by atoms with Gasteiger partial charge in [0.1, 0.15) is 22.4 Å². The zero-order valence-electron chi connectivity index (χ0n) is 13.8. The number of aryl methyl sites for hydroxylation is 1. The fourth-order valence-corrected chi connectivity index (χ4v) is 3.47. The van der Waals surface area contributed by atoms with E-state index in [9.17, 15) is 0 Å². The average Bonchev–Trinajstić information content (AvgIpc) is 2.55. The topological polar surface area (TPSA) is 38.2 Å². The number of halogens is 1. The predicted octanol–water partition coefficient (Wildman–Crippen LogP) is 3.75. The van der Waals surface area contributed by atoms with Crippen LogP contribution in [0.3, 0.4) is 0 Å². The number of rotatable bonds is 3. The molecule has 1 aliphatic rings. The van der Waals surface area contributed by atoms with Crippen molar-refractivity contribution >= 4 is 17.4 Å². The molecule has 0 aliphatic carbocycles. The monoisotopic (exact) mass is 331 g/mol. The first-order chi connectivity index (χ1) is 11.0. The second kappa shape index (κ2) is 6.46. The minimum absolute atomic E-state index is 0.351. The first kappa shape index (κ1) is 16.2. The first-order valence-corrected chi connectivity index (χ1v) is 8.39. The van der Waals surface area contributed by atoms with Gasteiger partial charge in [-0.3, -0.25) is 0 Å². The summed E-state index contributed by atoms with van der Waals surface area (Å²) in [6.07, 6.45) is 0.813. The van der Waals surface area contributed by atoms with Gasteiger partial charge in [0.05, 0.1) is 13.2 Å². The lowest BCUT2D eigenvalue weighted by atomic mass is 9.93. The van der Waals surface area contributed by atoms with Crippen molar-refractivity contribution < 1.29 is 4.74 Å². The van der Waals surface area contributed by atoms with Gasteiger partial charge >= 0.3 is 0 Å². The van der Waals surface area contributed by atoms with E-state index in [2.05, 4.69) is 40.8 Å². The third-order valence-electron chi connectivity index (χ3n) is 4.36. The molecule has 4 nitrogen and oxygen atoms in total. The van der Waals surface area contributed by atoms with Gasteiger partial charge in [-0.15, -0.1) is 0 Å². The van der Waals surface area contributed by atoms with Crippen LogP contribution in [0.1, 0.15) is 30.8 Å². The first-order valence-electron chi connectivity index (χ1n) is 8.01. The fraction of sp³-hybridized carbons (Fsp3) is 0.444. The normalized spacial score (nSPS) is 21.5. The molecule has 0 radical (unpaired) electrons. The van der Waals surface area contributed by atoms with Crippen molar-refractivity contribution in [2.75, 3.05) is 24.6 Å². The lowest BCUT2D eigenvalue weighted by Gasteiger charge is -2.42. The van der Waals surface area contributed by atoms with E-state index in [1.165, 1.54) is 5.56 Å². The highest BCUT2D eigenvalue weighted by atomic mass is 35.5. The van der Waals surface area contributed by atoms with Crippen LogP contribution < -0.4 is 4.90 Å². The molecule has 1 fully saturated rings. The largest absolute Gasteiger partial charge is 0.367 e. The van der Waals surface area contributed by atoms with Crippen molar-refractivity contribution in [1.29, 1.82) is 0 Å². The molecule has 122 valence electrons. The fourth-order valence-electron chi connectivity index (χ4n) is 3.13. The second-order valence-electron chi connectivity index (χ2n) is 6.08. The molecule has 1 aromatic carbocycles. The summed E-state index contributed by atoms with van der Waals surface area (Å²) in [4.78, 5) is 11.2. The highest BCUT2D eigenvalue weighted by molar-refractivity contribution is 6.30. The molecule has 23 heavy (non-hydrogen) atoms.